The van der Waals surface area contributed by atoms with Crippen LogP contribution in [-0.2, 0) is 16.0 Å². The summed E-state index contributed by atoms with van der Waals surface area (Å²) in [5.74, 6) is 0.281. The first-order valence-electron chi connectivity index (χ1n) is 7.58. The van der Waals surface area contributed by atoms with Gasteiger partial charge < -0.3 is 15.0 Å². The Bertz CT molecular complexity index is 753. The Morgan fingerprint density at radius 3 is 2.67 bits per heavy atom. The van der Waals surface area contributed by atoms with Crippen LogP contribution < -0.4 is 10.1 Å². The third-order valence-corrected chi connectivity index (χ3v) is 4.52. The molecule has 1 N–H and O–H groups in total. The van der Waals surface area contributed by atoms with Crippen molar-refractivity contribution in [1.29, 1.82) is 0 Å². The van der Waals surface area contributed by atoms with E-state index in [1.165, 1.54) is 4.90 Å². The first kappa shape index (κ1) is 16.5. The van der Waals surface area contributed by atoms with Gasteiger partial charge in [0.05, 0.1) is 12.2 Å². The molecule has 24 heavy (non-hydrogen) atoms. The van der Waals surface area contributed by atoms with Gasteiger partial charge in [0.25, 0.3) is 5.91 Å². The zero-order chi connectivity index (χ0) is 17.1. The predicted octanol–water partition coefficient (Wildman–Crippen LogP) is 2.85. The third kappa shape index (κ3) is 3.59. The van der Waals surface area contributed by atoms with Gasteiger partial charge in [-0.15, -0.1) is 0 Å². The molecule has 0 radical (unpaired) electrons. The molecule has 2 aromatic rings. The van der Waals surface area contributed by atoms with Crippen LogP contribution in [0.3, 0.4) is 0 Å². The van der Waals surface area contributed by atoms with Gasteiger partial charge in [-0.05, 0) is 39.7 Å². The normalized spacial score (nSPS) is 15.3. The van der Waals surface area contributed by atoms with Crippen LogP contribution in [-0.4, -0.2) is 36.4 Å². The zero-order valence-electron chi connectivity index (χ0n) is 13.2. The van der Waals surface area contributed by atoms with Crippen molar-refractivity contribution in [2.24, 2.45) is 0 Å². The second-order valence-electron chi connectivity index (χ2n) is 5.64. The van der Waals surface area contributed by atoms with E-state index in [9.17, 15) is 9.59 Å². The van der Waals surface area contributed by atoms with Crippen molar-refractivity contribution in [3.63, 3.8) is 0 Å². The number of carbonyl (C=O) groups excluding carboxylic acids is 2. The Hall–Kier alpha value is -2.34. The van der Waals surface area contributed by atoms with E-state index in [1.807, 2.05) is 42.5 Å². The molecule has 1 aliphatic rings. The highest BCUT2D eigenvalue weighted by molar-refractivity contribution is 9.10. The number of likely N-dealkylation sites (N-methyl/N-ethyl adjacent to an activating group) is 1. The minimum atomic E-state index is -0.566. The summed E-state index contributed by atoms with van der Waals surface area (Å²) in [4.78, 5) is 26.0. The molecule has 1 aliphatic heterocycles. The van der Waals surface area contributed by atoms with E-state index in [1.54, 1.807) is 13.1 Å². The lowest BCUT2D eigenvalue weighted by Gasteiger charge is -2.20. The number of halogens is 1. The molecule has 3 rings (SSSR count). The second kappa shape index (κ2) is 7.05. The lowest BCUT2D eigenvalue weighted by molar-refractivity contribution is -0.139. The van der Waals surface area contributed by atoms with E-state index in [-0.39, 0.29) is 18.4 Å². The maximum absolute atomic E-state index is 12.5. The number of carbonyl (C=O) groups is 2. The molecule has 2 amide bonds. The fraction of sp³-hybridized carbons (Fsp3) is 0.222. The van der Waals surface area contributed by atoms with E-state index in [2.05, 4.69) is 21.2 Å². The van der Waals surface area contributed by atoms with Gasteiger partial charge in [-0.3, -0.25) is 9.59 Å². The van der Waals surface area contributed by atoms with Gasteiger partial charge >= 0.3 is 0 Å². The summed E-state index contributed by atoms with van der Waals surface area (Å²) >= 11 is 3.38. The summed E-state index contributed by atoms with van der Waals surface area (Å²) < 4.78 is 6.47. The van der Waals surface area contributed by atoms with Gasteiger partial charge in [0.1, 0.15) is 5.75 Å². The van der Waals surface area contributed by atoms with Crippen LogP contribution in [0.5, 0.6) is 5.75 Å². The number of fused-ring (bicyclic) bond motifs is 1. The molecule has 1 atom stereocenters. The summed E-state index contributed by atoms with van der Waals surface area (Å²) in [7, 11) is 1.61. The molecule has 6 heteroatoms. The average molecular weight is 389 g/mol. The smallest absolute Gasteiger partial charge is 0.264 e. The molecule has 1 heterocycles. The van der Waals surface area contributed by atoms with Crippen LogP contribution in [0.4, 0.5) is 5.69 Å². The summed E-state index contributed by atoms with van der Waals surface area (Å²) in [5.41, 5.74) is 1.69. The zero-order valence-corrected chi connectivity index (χ0v) is 14.7. The van der Waals surface area contributed by atoms with Crippen LogP contribution in [0, 0.1) is 0 Å². The quantitative estimate of drug-likeness (QED) is 0.875. The number of nitrogens with zero attached hydrogens (tertiary/aromatic N) is 1. The molecule has 0 spiro atoms. The Morgan fingerprint density at radius 1 is 1.21 bits per heavy atom. The molecule has 0 bridgehead atoms. The Kier molecular flexibility index (Phi) is 4.85. The molecule has 0 aliphatic carbocycles. The van der Waals surface area contributed by atoms with Gasteiger partial charge in [-0.25, -0.2) is 0 Å². The third-order valence-electron chi connectivity index (χ3n) is 3.83. The van der Waals surface area contributed by atoms with E-state index >= 15 is 0 Å². The summed E-state index contributed by atoms with van der Waals surface area (Å²) in [6.07, 6.45) is -0.0331. The number of ether oxygens (including phenoxy) is 1. The van der Waals surface area contributed by atoms with Crippen molar-refractivity contribution in [1.82, 2.24) is 4.90 Å². The van der Waals surface area contributed by atoms with Gasteiger partial charge in [0, 0.05) is 17.9 Å². The van der Waals surface area contributed by atoms with Gasteiger partial charge in [-0.1, -0.05) is 30.3 Å². The molecule has 0 unspecified atom stereocenters. The molecule has 0 aromatic heterocycles. The first-order chi connectivity index (χ1) is 11.5. The lowest BCUT2D eigenvalue weighted by Crippen LogP contribution is -2.42. The Labute approximate surface area is 148 Å². The number of amides is 2. The number of rotatable bonds is 4. The number of benzene rings is 2. The fourth-order valence-electron chi connectivity index (χ4n) is 2.61. The number of hydrogen-bond acceptors (Lipinski definition) is 3. The minimum Gasteiger partial charge on any atom is -0.480 e. The summed E-state index contributed by atoms with van der Waals surface area (Å²) in [6.45, 7) is -0.0314. The van der Waals surface area contributed by atoms with E-state index in [0.717, 1.165) is 15.8 Å². The van der Waals surface area contributed by atoms with Crippen LogP contribution in [0.25, 0.3) is 0 Å². The molecule has 2 aromatic carbocycles. The summed E-state index contributed by atoms with van der Waals surface area (Å²) in [6, 6.07) is 14.9. The highest BCUT2D eigenvalue weighted by Gasteiger charge is 2.31. The van der Waals surface area contributed by atoms with Gasteiger partial charge in [-0.2, -0.15) is 0 Å². The average Bonchev–Trinajstić information content (AvgIpc) is 3.00. The lowest BCUT2D eigenvalue weighted by atomic mass is 10.1. The number of para-hydroxylation sites is 2. The van der Waals surface area contributed by atoms with E-state index in [4.69, 9.17) is 4.74 Å². The molecule has 5 nitrogen and oxygen atoms in total. The topological polar surface area (TPSA) is 58.6 Å². The highest BCUT2D eigenvalue weighted by atomic mass is 79.9. The van der Waals surface area contributed by atoms with E-state index < -0.39 is 6.10 Å². The SMILES string of the molecule is CN(CC(=O)Nc1ccccc1Br)C(=O)[C@@H]1Cc2ccccc2O1. The van der Waals surface area contributed by atoms with Crippen LogP contribution in [0.1, 0.15) is 5.56 Å². The molecule has 124 valence electrons. The van der Waals surface area contributed by atoms with Crippen molar-refractivity contribution in [2.75, 3.05) is 18.9 Å². The van der Waals surface area contributed by atoms with Gasteiger partial charge in [0.15, 0.2) is 6.10 Å². The van der Waals surface area contributed by atoms with Crippen molar-refractivity contribution in [2.45, 2.75) is 12.5 Å². The standard InChI is InChI=1S/C18H17BrN2O3/c1-21(11-17(22)20-14-8-4-3-7-13(14)19)18(23)16-10-12-6-2-5-9-15(12)24-16/h2-9,16H,10-11H2,1H3,(H,20,22)/t16-/m0/s1. The molecular formula is C18H17BrN2O3. The van der Waals surface area contributed by atoms with Crippen molar-refractivity contribution < 1.29 is 14.3 Å². The summed E-state index contributed by atoms with van der Waals surface area (Å²) in [5, 5.41) is 2.78. The maximum atomic E-state index is 12.5. The molecule has 0 saturated heterocycles. The van der Waals surface area contributed by atoms with Crippen LogP contribution in [0.15, 0.2) is 53.0 Å². The Morgan fingerprint density at radius 2 is 1.92 bits per heavy atom. The first-order valence-corrected chi connectivity index (χ1v) is 8.38. The van der Waals surface area contributed by atoms with Crippen LogP contribution >= 0.6 is 15.9 Å². The fourth-order valence-corrected chi connectivity index (χ4v) is 3.00. The maximum Gasteiger partial charge on any atom is 0.264 e. The monoisotopic (exact) mass is 388 g/mol. The minimum absolute atomic E-state index is 0.0314. The number of nitrogens with one attached hydrogen (secondary N) is 1. The van der Waals surface area contributed by atoms with Crippen molar-refractivity contribution in [3.8, 4) is 5.75 Å². The van der Waals surface area contributed by atoms with Crippen molar-refractivity contribution >= 4 is 33.4 Å². The Balaban J connectivity index is 1.57. The van der Waals surface area contributed by atoms with Crippen molar-refractivity contribution in [3.05, 3.63) is 58.6 Å². The molecule has 0 saturated carbocycles. The second-order valence-corrected chi connectivity index (χ2v) is 6.49. The van der Waals surface area contributed by atoms with Crippen LogP contribution in [0.2, 0.25) is 0 Å². The largest absolute Gasteiger partial charge is 0.480 e. The highest BCUT2D eigenvalue weighted by Crippen LogP contribution is 2.28. The molecule has 0 fully saturated rings. The number of hydrogen-bond donors (Lipinski definition) is 1. The number of anilines is 1. The molecular weight excluding hydrogens is 372 g/mol. The predicted molar refractivity (Wildman–Crippen MR) is 95.0 cm³/mol. The van der Waals surface area contributed by atoms with E-state index in [0.29, 0.717) is 12.1 Å². The van der Waals surface area contributed by atoms with Gasteiger partial charge in [0.2, 0.25) is 5.91 Å².